The van der Waals surface area contributed by atoms with Gasteiger partial charge in [-0.3, -0.25) is 4.79 Å². The van der Waals surface area contributed by atoms with Gasteiger partial charge >= 0.3 is 12.1 Å². The average molecular weight is 316 g/mol. The molecule has 2 heterocycles. The Morgan fingerprint density at radius 1 is 1.38 bits per heavy atom. The number of thioether (sulfide) groups is 1. The molecule has 1 unspecified atom stereocenters. The van der Waals surface area contributed by atoms with Crippen LogP contribution in [0.3, 0.4) is 0 Å². The van der Waals surface area contributed by atoms with Gasteiger partial charge in [0.05, 0.1) is 0 Å². The van der Waals surface area contributed by atoms with E-state index in [1.54, 1.807) is 34.6 Å². The molecule has 21 heavy (non-hydrogen) atoms. The van der Waals surface area contributed by atoms with Crippen LogP contribution in [-0.2, 0) is 14.3 Å². The second kappa shape index (κ2) is 4.79. The van der Waals surface area contributed by atoms with Crippen LogP contribution < -0.4 is 5.32 Å². The molecular weight excluding hydrogens is 296 g/mol. The van der Waals surface area contributed by atoms with Crippen LogP contribution in [-0.4, -0.2) is 55.8 Å². The summed E-state index contributed by atoms with van der Waals surface area (Å²) in [5.74, 6) is -1.41. The van der Waals surface area contributed by atoms with Gasteiger partial charge < -0.3 is 20.1 Å². The van der Waals surface area contributed by atoms with E-state index in [2.05, 4.69) is 5.32 Å². The number of aliphatic carboxylic acids is 1. The first-order valence-corrected chi connectivity index (χ1v) is 7.54. The molecule has 0 aliphatic carbocycles. The largest absolute Gasteiger partial charge is 0.480 e. The minimum absolute atomic E-state index is 0.360. The summed E-state index contributed by atoms with van der Waals surface area (Å²) in [6, 6.07) is -1.61. The molecule has 0 bridgehead atoms. The molecule has 3 atom stereocenters. The zero-order valence-electron chi connectivity index (χ0n) is 12.7. The van der Waals surface area contributed by atoms with Crippen LogP contribution in [0.4, 0.5) is 4.79 Å². The Kier molecular flexibility index (Phi) is 3.64. The van der Waals surface area contributed by atoms with Gasteiger partial charge in [0.15, 0.2) is 0 Å². The quantitative estimate of drug-likeness (QED) is 0.739. The van der Waals surface area contributed by atoms with Crippen LogP contribution in [0.25, 0.3) is 0 Å². The maximum atomic E-state index is 12.1. The van der Waals surface area contributed by atoms with Crippen molar-refractivity contribution in [2.24, 2.45) is 0 Å². The van der Waals surface area contributed by atoms with Crippen LogP contribution in [0.15, 0.2) is 0 Å². The highest BCUT2D eigenvalue weighted by Gasteiger charge is 2.64. The minimum Gasteiger partial charge on any atom is -0.480 e. The van der Waals surface area contributed by atoms with Crippen molar-refractivity contribution in [2.45, 2.75) is 62.4 Å². The summed E-state index contributed by atoms with van der Waals surface area (Å²) < 4.78 is 4.52. The molecule has 2 fully saturated rings. The Labute approximate surface area is 127 Å². The third-order valence-electron chi connectivity index (χ3n) is 3.35. The lowest BCUT2D eigenvalue weighted by atomic mass is 9.96. The Morgan fingerprint density at radius 2 is 1.95 bits per heavy atom. The van der Waals surface area contributed by atoms with E-state index in [4.69, 9.17) is 4.74 Å². The normalized spacial score (nSPS) is 30.4. The lowest BCUT2D eigenvalue weighted by molar-refractivity contribution is -0.160. The van der Waals surface area contributed by atoms with Crippen molar-refractivity contribution in [2.75, 3.05) is 0 Å². The monoisotopic (exact) mass is 316 g/mol. The van der Waals surface area contributed by atoms with Gasteiger partial charge in [0, 0.05) is 4.75 Å². The first-order valence-electron chi connectivity index (χ1n) is 6.66. The number of alkyl carbamates (subject to hydrolysis) is 1. The highest BCUT2D eigenvalue weighted by Crippen LogP contribution is 2.50. The molecule has 0 saturated carbocycles. The van der Waals surface area contributed by atoms with E-state index in [0.29, 0.717) is 0 Å². The molecule has 2 aliphatic rings. The number of hydrogen-bond acceptors (Lipinski definition) is 5. The molecule has 8 heteroatoms. The fraction of sp³-hybridized carbons (Fsp3) is 0.769. The first kappa shape index (κ1) is 15.9. The van der Waals surface area contributed by atoms with Crippen molar-refractivity contribution in [1.29, 1.82) is 0 Å². The number of amides is 2. The molecule has 118 valence electrons. The summed E-state index contributed by atoms with van der Waals surface area (Å²) in [6.45, 7) is 8.76. The summed E-state index contributed by atoms with van der Waals surface area (Å²) in [4.78, 5) is 36.5. The first-order chi connectivity index (χ1) is 9.44. The summed E-state index contributed by atoms with van der Waals surface area (Å²) in [6.07, 6.45) is -0.669. The third kappa shape index (κ3) is 2.81. The van der Waals surface area contributed by atoms with Gasteiger partial charge in [0.2, 0.25) is 5.91 Å². The van der Waals surface area contributed by atoms with Gasteiger partial charge in [-0.15, -0.1) is 11.8 Å². The highest BCUT2D eigenvalue weighted by molar-refractivity contribution is 8.01. The fourth-order valence-electron chi connectivity index (χ4n) is 2.58. The summed E-state index contributed by atoms with van der Waals surface area (Å²) in [5.41, 5.74) is -0.651. The topological polar surface area (TPSA) is 95.9 Å². The second-order valence-corrected chi connectivity index (χ2v) is 8.49. The molecule has 7 nitrogen and oxygen atoms in total. The average Bonchev–Trinajstić information content (AvgIpc) is 2.52. The number of rotatable bonds is 2. The van der Waals surface area contributed by atoms with Crippen molar-refractivity contribution in [3.63, 3.8) is 0 Å². The molecule has 2 rings (SSSR count). The van der Waals surface area contributed by atoms with E-state index < -0.39 is 34.5 Å². The standard InChI is InChI=1S/C13H20N2O5S/c1-12(2,3)20-11(19)14-6-8(16)15-7(10(17)18)13(4,5)21-9(6)15/h6-7,9H,1-5H3,(H,14,19)(H,17,18)/t6-,7+,9?/m1/s1. The SMILES string of the molecule is CC(C)(C)OC(=O)N[C@@H]1C(=O)N2C1SC(C)(C)[C@@H]2C(=O)O. The van der Waals surface area contributed by atoms with Crippen LogP contribution in [0.2, 0.25) is 0 Å². The lowest BCUT2D eigenvalue weighted by Crippen LogP contribution is -2.70. The van der Waals surface area contributed by atoms with Gasteiger partial charge in [0.1, 0.15) is 23.1 Å². The van der Waals surface area contributed by atoms with E-state index in [0.717, 1.165) is 0 Å². The van der Waals surface area contributed by atoms with Crippen molar-refractivity contribution >= 4 is 29.7 Å². The number of fused-ring (bicyclic) bond motifs is 1. The Bertz CT molecular complexity index is 499. The number of carbonyl (C=O) groups is 3. The maximum Gasteiger partial charge on any atom is 0.408 e. The molecule has 2 saturated heterocycles. The number of hydrogen-bond donors (Lipinski definition) is 2. The second-order valence-electron chi connectivity index (χ2n) is 6.72. The van der Waals surface area contributed by atoms with Gasteiger partial charge in [-0.05, 0) is 34.6 Å². The molecule has 0 aromatic rings. The van der Waals surface area contributed by atoms with E-state index >= 15 is 0 Å². The van der Waals surface area contributed by atoms with Crippen LogP contribution in [0.5, 0.6) is 0 Å². The van der Waals surface area contributed by atoms with Gasteiger partial charge in [-0.25, -0.2) is 9.59 Å². The van der Waals surface area contributed by atoms with Crippen LogP contribution in [0, 0.1) is 0 Å². The highest BCUT2D eigenvalue weighted by atomic mass is 32.2. The molecule has 2 aliphatic heterocycles. The zero-order chi connectivity index (χ0) is 16.2. The molecule has 0 aromatic carbocycles. The molecular formula is C13H20N2O5S. The molecule has 2 amide bonds. The van der Waals surface area contributed by atoms with Crippen LogP contribution >= 0.6 is 11.8 Å². The number of nitrogens with zero attached hydrogens (tertiary/aromatic N) is 1. The lowest BCUT2D eigenvalue weighted by Gasteiger charge is -2.43. The number of carboxylic acids is 1. The number of carboxylic acid groups (broad SMARTS) is 1. The van der Waals surface area contributed by atoms with Crippen molar-refractivity contribution in [3.8, 4) is 0 Å². The molecule has 0 radical (unpaired) electrons. The third-order valence-corrected chi connectivity index (χ3v) is 4.92. The Balaban J connectivity index is 2.06. The van der Waals surface area contributed by atoms with E-state index in [-0.39, 0.29) is 11.3 Å². The maximum absolute atomic E-state index is 12.1. The fourth-order valence-corrected chi connectivity index (χ4v) is 4.21. The zero-order valence-corrected chi connectivity index (χ0v) is 13.5. The van der Waals surface area contributed by atoms with Gasteiger partial charge in [-0.1, -0.05) is 0 Å². The minimum atomic E-state index is -1.03. The van der Waals surface area contributed by atoms with Crippen molar-refractivity contribution in [3.05, 3.63) is 0 Å². The number of carbonyl (C=O) groups excluding carboxylic acids is 2. The van der Waals surface area contributed by atoms with Crippen molar-refractivity contribution < 1.29 is 24.2 Å². The summed E-state index contributed by atoms with van der Waals surface area (Å²) in [7, 11) is 0. The predicted molar refractivity (Wildman–Crippen MR) is 76.9 cm³/mol. The van der Waals surface area contributed by atoms with Gasteiger partial charge in [0.25, 0.3) is 0 Å². The van der Waals surface area contributed by atoms with Crippen LogP contribution in [0.1, 0.15) is 34.6 Å². The number of ether oxygens (including phenoxy) is 1. The van der Waals surface area contributed by atoms with E-state index in [1.165, 1.54) is 16.7 Å². The van der Waals surface area contributed by atoms with E-state index in [9.17, 15) is 19.5 Å². The van der Waals surface area contributed by atoms with Crippen molar-refractivity contribution in [1.82, 2.24) is 10.2 Å². The Hall–Kier alpha value is -1.44. The number of β-lactam (4-membered cyclic amide) rings is 1. The summed E-state index contributed by atoms with van der Waals surface area (Å²) >= 11 is 1.38. The molecule has 0 aromatic heterocycles. The predicted octanol–water partition coefficient (Wildman–Crippen LogP) is 1.03. The smallest absolute Gasteiger partial charge is 0.408 e. The molecule has 2 N–H and O–H groups in total. The Morgan fingerprint density at radius 3 is 2.43 bits per heavy atom. The van der Waals surface area contributed by atoms with Gasteiger partial charge in [-0.2, -0.15) is 0 Å². The number of nitrogens with one attached hydrogen (secondary N) is 1. The van der Waals surface area contributed by atoms with E-state index in [1.807, 2.05) is 0 Å². The summed E-state index contributed by atoms with van der Waals surface area (Å²) in [5, 5.41) is 11.5. The molecule has 0 spiro atoms.